The molecule has 0 spiro atoms. The summed E-state index contributed by atoms with van der Waals surface area (Å²) in [6.45, 7) is 0. The fraction of sp³-hybridized carbons (Fsp3) is 0.143. The van der Waals surface area contributed by atoms with Crippen molar-refractivity contribution in [2.75, 3.05) is 17.8 Å². The maximum atomic E-state index is 13.4. The fourth-order valence-electron chi connectivity index (χ4n) is 2.30. The molecule has 188 valence electrons. The van der Waals surface area contributed by atoms with Crippen molar-refractivity contribution in [2.24, 2.45) is 0 Å². The van der Waals surface area contributed by atoms with Crippen LogP contribution in [0, 0.1) is 0 Å². The summed E-state index contributed by atoms with van der Waals surface area (Å²) in [5.74, 6) is 2.75. The van der Waals surface area contributed by atoms with Crippen molar-refractivity contribution in [3.63, 3.8) is 0 Å². The Morgan fingerprint density at radius 2 is 0.771 bits per heavy atom. The highest BCUT2D eigenvalue weighted by Gasteiger charge is 2.31. The molecule has 14 heteroatoms. The predicted molar refractivity (Wildman–Crippen MR) is 151 cm³/mol. The third kappa shape index (κ3) is 10.3. The monoisotopic (exact) mass is 608 g/mol. The Bertz CT molecular complexity index is 934. The third-order valence-corrected chi connectivity index (χ3v) is 8.71. The van der Waals surface area contributed by atoms with Crippen LogP contribution in [0.25, 0.3) is 0 Å². The number of hydrogen-bond acceptors (Lipinski definition) is 13. The van der Waals surface area contributed by atoms with Crippen LogP contribution in [0.5, 0.6) is 17.2 Å². The Morgan fingerprint density at radius 1 is 0.514 bits per heavy atom. The Balaban J connectivity index is 1.65. The molecule has 0 radical (unpaired) electrons. The quantitative estimate of drug-likeness (QED) is 0.0683. The molecule has 0 heterocycles. The molecule has 0 aliphatic heterocycles. The van der Waals surface area contributed by atoms with Gasteiger partial charge in [0.05, 0.1) is 0 Å². The molecule has 7 nitrogen and oxygen atoms in total. The minimum absolute atomic E-state index is 0.262. The summed E-state index contributed by atoms with van der Waals surface area (Å²) in [5, 5.41) is 0. The van der Waals surface area contributed by atoms with Gasteiger partial charge in [-0.25, -0.2) is 16.5 Å². The van der Waals surface area contributed by atoms with E-state index in [1.54, 1.807) is 72.8 Å². The molecule has 0 aliphatic carbocycles. The molecular weight excluding hydrogens is 588 g/mol. The maximum Gasteiger partial charge on any atom is 0.509 e. The van der Waals surface area contributed by atoms with E-state index >= 15 is 0 Å². The molecule has 0 bridgehead atoms. The highest BCUT2D eigenvalue weighted by molar-refractivity contribution is 8.04. The number of phosphoric acid groups is 1. The lowest BCUT2D eigenvalue weighted by Crippen LogP contribution is -1.90. The Kier molecular flexibility index (Phi) is 12.8. The first-order valence-corrected chi connectivity index (χ1v) is 15.3. The zero-order valence-electron chi connectivity index (χ0n) is 17.9. The first kappa shape index (κ1) is 28.8. The molecule has 35 heavy (non-hydrogen) atoms. The van der Waals surface area contributed by atoms with Crippen molar-refractivity contribution in [3.8, 4) is 17.2 Å². The lowest BCUT2D eigenvalue weighted by atomic mass is 10.3. The second-order valence-electron chi connectivity index (χ2n) is 6.16. The molecule has 0 saturated carbocycles. The lowest BCUT2D eigenvalue weighted by Gasteiger charge is -2.15. The van der Waals surface area contributed by atoms with Gasteiger partial charge in [0.2, 0.25) is 0 Å². The third-order valence-electron chi connectivity index (χ3n) is 3.84. The van der Waals surface area contributed by atoms with Crippen LogP contribution in [-0.2, 0) is 16.5 Å². The van der Waals surface area contributed by atoms with E-state index < -0.39 is 7.82 Å². The van der Waals surface area contributed by atoms with Crippen molar-refractivity contribution in [3.05, 3.63) is 72.8 Å². The van der Waals surface area contributed by atoms with Gasteiger partial charge in [-0.05, 0) is 72.8 Å². The van der Waals surface area contributed by atoms with Gasteiger partial charge in [-0.3, -0.25) is 0 Å². The molecule has 3 aromatic rings. The van der Waals surface area contributed by atoms with Crippen LogP contribution < -0.4 is 14.2 Å². The highest BCUT2D eigenvalue weighted by Crippen LogP contribution is 2.60. The summed E-state index contributed by atoms with van der Waals surface area (Å²) in [6.07, 6.45) is 0. The van der Waals surface area contributed by atoms with E-state index in [2.05, 4.69) is 37.9 Å². The largest absolute Gasteiger partial charge is 0.509 e. The van der Waals surface area contributed by atoms with Gasteiger partial charge < -0.3 is 14.2 Å². The SMILES string of the molecule is O=P(OSc1ccc(OCS)cc1)(OSc1ccc(OCS)cc1)OSc1ccc(OCS)cc1. The zero-order chi connectivity index (χ0) is 24.9. The van der Waals surface area contributed by atoms with Gasteiger partial charge in [-0.1, -0.05) is 0 Å². The van der Waals surface area contributed by atoms with E-state index in [0.717, 1.165) is 36.1 Å². The maximum absolute atomic E-state index is 13.4. The lowest BCUT2D eigenvalue weighted by molar-refractivity contribution is 0.350. The number of ether oxygens (including phenoxy) is 3. The van der Waals surface area contributed by atoms with Crippen LogP contribution in [0.4, 0.5) is 0 Å². The van der Waals surface area contributed by atoms with Crippen molar-refractivity contribution < 1.29 is 30.7 Å². The van der Waals surface area contributed by atoms with Gasteiger partial charge in [0.1, 0.15) is 35.1 Å². The molecule has 0 saturated heterocycles. The molecule has 0 unspecified atom stereocenters. The standard InChI is InChI=1S/C21H21O7PS6/c22-29(26-33-19-7-1-16(2-8-19)23-13-30,27-34-20-9-3-17(4-10-20)24-14-31)28-35-21-11-5-18(6-12-21)25-15-32/h1-12,30-32H,13-15H2. The first-order valence-electron chi connectivity index (χ1n) is 9.73. The Hall–Kier alpha value is -0.730. The molecule has 0 N–H and O–H groups in total. The summed E-state index contributed by atoms with van der Waals surface area (Å²) in [7, 11) is -4.03. The van der Waals surface area contributed by atoms with Crippen molar-refractivity contribution >= 4 is 81.8 Å². The van der Waals surface area contributed by atoms with Crippen LogP contribution in [0.3, 0.4) is 0 Å². The second-order valence-corrected chi connectivity index (χ2v) is 11.5. The van der Waals surface area contributed by atoms with Crippen LogP contribution in [0.1, 0.15) is 0 Å². The summed E-state index contributed by atoms with van der Waals surface area (Å²) >= 11 is 14.7. The van der Waals surface area contributed by atoms with E-state index in [1.807, 2.05) is 0 Å². The highest BCUT2D eigenvalue weighted by atomic mass is 32.2. The van der Waals surface area contributed by atoms with Crippen molar-refractivity contribution in [1.29, 1.82) is 0 Å². The molecule has 0 fully saturated rings. The van der Waals surface area contributed by atoms with Gasteiger partial charge in [-0.15, -0.1) is 37.9 Å². The summed E-state index contributed by atoms with van der Waals surface area (Å²) in [4.78, 5) is 2.04. The van der Waals surface area contributed by atoms with Crippen LogP contribution in [-0.4, -0.2) is 17.8 Å². The number of benzene rings is 3. The van der Waals surface area contributed by atoms with E-state index in [-0.39, 0.29) is 17.8 Å². The van der Waals surface area contributed by atoms with E-state index in [1.165, 1.54) is 0 Å². The summed E-state index contributed by atoms with van der Waals surface area (Å²) in [6, 6.07) is 21.1. The fourth-order valence-corrected chi connectivity index (χ4v) is 6.59. The van der Waals surface area contributed by atoms with Crippen molar-refractivity contribution in [2.45, 2.75) is 14.7 Å². The summed E-state index contributed by atoms with van der Waals surface area (Å²) < 4.78 is 46.0. The number of hydrogen-bond donors (Lipinski definition) is 3. The number of rotatable bonds is 15. The van der Waals surface area contributed by atoms with Gasteiger partial charge in [0.15, 0.2) is 0 Å². The molecule has 3 aromatic carbocycles. The van der Waals surface area contributed by atoms with Gasteiger partial charge >= 0.3 is 7.82 Å². The van der Waals surface area contributed by atoms with Crippen LogP contribution in [0.2, 0.25) is 0 Å². The molecule has 0 aliphatic rings. The Morgan fingerprint density at radius 3 is 1.00 bits per heavy atom. The van der Waals surface area contributed by atoms with Gasteiger partial charge in [0, 0.05) is 50.8 Å². The van der Waals surface area contributed by atoms with Gasteiger partial charge in [-0.2, -0.15) is 0 Å². The average Bonchev–Trinajstić information content (AvgIpc) is 2.88. The zero-order valence-corrected chi connectivity index (χ0v) is 23.9. The number of thiol groups is 3. The average molecular weight is 609 g/mol. The molecular formula is C21H21O7PS6. The molecule has 3 rings (SSSR count). The predicted octanol–water partition coefficient (Wildman–Crippen LogP) is 8.06. The normalized spacial score (nSPS) is 11.3. The molecule has 0 amide bonds. The summed E-state index contributed by atoms with van der Waals surface area (Å²) in [5.41, 5.74) is 0. The molecule has 0 atom stereocenters. The van der Waals surface area contributed by atoms with E-state index in [9.17, 15) is 4.57 Å². The van der Waals surface area contributed by atoms with E-state index in [0.29, 0.717) is 31.9 Å². The minimum Gasteiger partial charge on any atom is -0.483 e. The first-order chi connectivity index (χ1) is 17.0. The topological polar surface area (TPSA) is 72.5 Å². The van der Waals surface area contributed by atoms with Crippen LogP contribution in [0.15, 0.2) is 87.5 Å². The second kappa shape index (κ2) is 15.5. The molecule has 0 aromatic heterocycles. The smallest absolute Gasteiger partial charge is 0.483 e. The van der Waals surface area contributed by atoms with Gasteiger partial charge in [0.25, 0.3) is 0 Å². The Labute approximate surface area is 233 Å². The van der Waals surface area contributed by atoms with Crippen LogP contribution >= 0.6 is 81.8 Å². The van der Waals surface area contributed by atoms with E-state index in [4.69, 9.17) is 26.1 Å². The van der Waals surface area contributed by atoms with Crippen molar-refractivity contribution in [1.82, 2.24) is 0 Å². The minimum atomic E-state index is -4.03.